The molecular weight excluding hydrogens is 328 g/mol. The molecule has 0 radical (unpaired) electrons. The fourth-order valence-corrected chi connectivity index (χ4v) is 5.16. The lowest BCUT2D eigenvalue weighted by Crippen LogP contribution is -2.46. The molecule has 4 nitrogen and oxygen atoms in total. The Kier molecular flexibility index (Phi) is 6.03. The number of nitrogens with one attached hydrogen (secondary N) is 1. The van der Waals surface area contributed by atoms with E-state index in [0.717, 1.165) is 0 Å². The molecular formula is C17H24N2O2S2. The molecule has 1 aliphatic rings. The minimum absolute atomic E-state index is 0.0617. The Morgan fingerprint density at radius 2 is 1.74 bits per heavy atom. The van der Waals surface area contributed by atoms with Crippen LogP contribution in [0.2, 0.25) is 0 Å². The van der Waals surface area contributed by atoms with E-state index < -0.39 is 0 Å². The summed E-state index contributed by atoms with van der Waals surface area (Å²) < 4.78 is 0.481. The third-order valence-electron chi connectivity index (χ3n) is 3.29. The molecule has 1 heterocycles. The molecule has 23 heavy (non-hydrogen) atoms. The van der Waals surface area contributed by atoms with Crippen molar-refractivity contribution in [3.05, 3.63) is 35.4 Å². The van der Waals surface area contributed by atoms with Gasteiger partial charge in [-0.3, -0.25) is 9.59 Å². The van der Waals surface area contributed by atoms with Gasteiger partial charge in [-0.25, -0.2) is 0 Å². The van der Waals surface area contributed by atoms with Crippen LogP contribution in [0.25, 0.3) is 0 Å². The van der Waals surface area contributed by atoms with Gasteiger partial charge >= 0.3 is 0 Å². The predicted molar refractivity (Wildman–Crippen MR) is 99.0 cm³/mol. The van der Waals surface area contributed by atoms with E-state index in [1.807, 2.05) is 68.6 Å². The van der Waals surface area contributed by atoms with E-state index in [0.29, 0.717) is 10.1 Å². The van der Waals surface area contributed by atoms with Gasteiger partial charge in [0.2, 0.25) is 5.91 Å². The Hall–Kier alpha value is -1.14. The van der Waals surface area contributed by atoms with Crippen molar-refractivity contribution < 1.29 is 9.59 Å². The first-order valence-corrected chi connectivity index (χ1v) is 9.76. The zero-order valence-corrected chi connectivity index (χ0v) is 15.7. The number of likely N-dealkylation sites (N-methyl/N-ethyl adjacent to an activating group) is 1. The number of benzene rings is 1. The van der Waals surface area contributed by atoms with Crippen LogP contribution in [0.5, 0.6) is 0 Å². The molecule has 1 aromatic rings. The second-order valence-corrected chi connectivity index (χ2v) is 9.38. The van der Waals surface area contributed by atoms with Crippen LogP contribution in [-0.4, -0.2) is 47.4 Å². The summed E-state index contributed by atoms with van der Waals surface area (Å²) in [6.45, 7) is 5.83. The largest absolute Gasteiger partial charge is 0.350 e. The predicted octanol–water partition coefficient (Wildman–Crippen LogP) is 3.15. The summed E-state index contributed by atoms with van der Waals surface area (Å²) in [5.41, 5.74) is 1.58. The molecule has 0 aliphatic carbocycles. The normalized spacial score (nSPS) is 15.5. The van der Waals surface area contributed by atoms with Crippen molar-refractivity contribution in [1.29, 1.82) is 0 Å². The number of hydrogen-bond acceptors (Lipinski definition) is 4. The molecule has 2 rings (SSSR count). The highest BCUT2D eigenvalue weighted by molar-refractivity contribution is 8.19. The fourth-order valence-electron chi connectivity index (χ4n) is 2.30. The van der Waals surface area contributed by atoms with Gasteiger partial charge in [0.25, 0.3) is 5.91 Å². The van der Waals surface area contributed by atoms with Gasteiger partial charge in [0.15, 0.2) is 0 Å². The summed E-state index contributed by atoms with van der Waals surface area (Å²) in [6.07, 6.45) is 0. The Morgan fingerprint density at radius 1 is 1.17 bits per heavy atom. The number of amides is 2. The monoisotopic (exact) mass is 352 g/mol. The summed E-state index contributed by atoms with van der Waals surface area (Å²) >= 11 is 3.89. The van der Waals surface area contributed by atoms with Crippen LogP contribution < -0.4 is 5.32 Å². The number of hydrogen-bond donors (Lipinski definition) is 1. The van der Waals surface area contributed by atoms with Gasteiger partial charge in [0.05, 0.1) is 11.1 Å². The van der Waals surface area contributed by atoms with Gasteiger partial charge in [-0.2, -0.15) is 0 Å². The fraction of sp³-hybridized carbons (Fsp3) is 0.529. The van der Waals surface area contributed by atoms with Gasteiger partial charge in [0, 0.05) is 29.7 Å². The van der Waals surface area contributed by atoms with Gasteiger partial charge in [-0.15, -0.1) is 23.5 Å². The molecule has 2 amide bonds. The SMILES string of the molecule is CN(CC(=O)NC(C)(C)C)C(=O)c1ccc(C2SCCS2)cc1. The molecule has 1 saturated heterocycles. The van der Waals surface area contributed by atoms with Crippen molar-refractivity contribution in [2.45, 2.75) is 30.9 Å². The maximum atomic E-state index is 12.4. The average Bonchev–Trinajstić information content (AvgIpc) is 2.98. The first-order valence-electron chi connectivity index (χ1n) is 7.66. The highest BCUT2D eigenvalue weighted by Gasteiger charge is 2.21. The molecule has 0 unspecified atom stereocenters. The van der Waals surface area contributed by atoms with Crippen LogP contribution in [0.3, 0.4) is 0 Å². The van der Waals surface area contributed by atoms with Crippen LogP contribution >= 0.6 is 23.5 Å². The molecule has 1 aromatic carbocycles. The number of rotatable bonds is 4. The average molecular weight is 353 g/mol. The quantitative estimate of drug-likeness (QED) is 0.904. The second kappa shape index (κ2) is 7.62. The molecule has 0 saturated carbocycles. The maximum Gasteiger partial charge on any atom is 0.254 e. The standard InChI is InChI=1S/C17H24N2O2S2/c1-17(2,3)18-14(20)11-19(4)15(21)12-5-7-13(8-6-12)16-22-9-10-23-16/h5-8,16H,9-11H2,1-4H3,(H,18,20). The van der Waals surface area contributed by atoms with Gasteiger partial charge in [-0.1, -0.05) is 12.1 Å². The van der Waals surface area contributed by atoms with Crippen molar-refractivity contribution in [3.8, 4) is 0 Å². The zero-order chi connectivity index (χ0) is 17.0. The molecule has 126 valence electrons. The van der Waals surface area contributed by atoms with Crippen molar-refractivity contribution in [2.75, 3.05) is 25.1 Å². The summed E-state index contributed by atoms with van der Waals surface area (Å²) in [4.78, 5) is 25.8. The van der Waals surface area contributed by atoms with Crippen LogP contribution in [0.15, 0.2) is 24.3 Å². The van der Waals surface area contributed by atoms with Gasteiger partial charge < -0.3 is 10.2 Å². The molecule has 0 atom stereocenters. The van der Waals surface area contributed by atoms with Crippen LogP contribution in [0.4, 0.5) is 0 Å². The summed E-state index contributed by atoms with van der Waals surface area (Å²) in [5, 5.41) is 2.86. The topological polar surface area (TPSA) is 49.4 Å². The first kappa shape index (κ1) is 18.2. The summed E-state index contributed by atoms with van der Waals surface area (Å²) in [6, 6.07) is 7.75. The van der Waals surface area contributed by atoms with Crippen molar-refractivity contribution in [1.82, 2.24) is 10.2 Å². The third-order valence-corrected chi connectivity index (χ3v) is 6.40. The minimum atomic E-state index is -0.292. The van der Waals surface area contributed by atoms with E-state index in [1.165, 1.54) is 22.0 Å². The van der Waals surface area contributed by atoms with Crippen LogP contribution in [0.1, 0.15) is 41.3 Å². The van der Waals surface area contributed by atoms with E-state index >= 15 is 0 Å². The molecule has 0 spiro atoms. The Morgan fingerprint density at radius 3 is 2.26 bits per heavy atom. The summed E-state index contributed by atoms with van der Waals surface area (Å²) in [5.74, 6) is 2.08. The third kappa shape index (κ3) is 5.46. The smallest absolute Gasteiger partial charge is 0.254 e. The highest BCUT2D eigenvalue weighted by Crippen LogP contribution is 2.45. The van der Waals surface area contributed by atoms with E-state index in [2.05, 4.69) is 5.32 Å². The van der Waals surface area contributed by atoms with Crippen molar-refractivity contribution in [3.63, 3.8) is 0 Å². The van der Waals surface area contributed by atoms with E-state index in [1.54, 1.807) is 7.05 Å². The molecule has 6 heteroatoms. The highest BCUT2D eigenvalue weighted by atomic mass is 32.2. The second-order valence-electron chi connectivity index (χ2n) is 6.65. The maximum absolute atomic E-state index is 12.4. The number of thioether (sulfide) groups is 2. The Bertz CT molecular complexity index is 561. The molecule has 0 bridgehead atoms. The van der Waals surface area contributed by atoms with Gasteiger partial charge in [0.1, 0.15) is 0 Å². The Labute approximate surface area is 146 Å². The van der Waals surface area contributed by atoms with Gasteiger partial charge in [-0.05, 0) is 38.5 Å². The number of carbonyl (C=O) groups is 2. The van der Waals surface area contributed by atoms with E-state index in [9.17, 15) is 9.59 Å². The minimum Gasteiger partial charge on any atom is -0.350 e. The lowest BCUT2D eigenvalue weighted by molar-refractivity contribution is -0.122. The van der Waals surface area contributed by atoms with Crippen LogP contribution in [-0.2, 0) is 4.79 Å². The zero-order valence-electron chi connectivity index (χ0n) is 14.1. The number of nitrogens with zero attached hydrogens (tertiary/aromatic N) is 1. The van der Waals surface area contributed by atoms with Crippen molar-refractivity contribution >= 4 is 35.3 Å². The molecule has 1 N–H and O–H groups in total. The first-order chi connectivity index (χ1) is 10.8. The lowest BCUT2D eigenvalue weighted by Gasteiger charge is -2.23. The van der Waals surface area contributed by atoms with E-state index in [-0.39, 0.29) is 23.9 Å². The molecule has 0 aromatic heterocycles. The lowest BCUT2D eigenvalue weighted by atomic mass is 10.1. The molecule has 1 fully saturated rings. The van der Waals surface area contributed by atoms with E-state index in [4.69, 9.17) is 0 Å². The Balaban J connectivity index is 1.95. The molecule has 1 aliphatic heterocycles. The number of carbonyl (C=O) groups excluding carboxylic acids is 2. The van der Waals surface area contributed by atoms with Crippen LogP contribution in [0, 0.1) is 0 Å². The van der Waals surface area contributed by atoms with Crippen molar-refractivity contribution in [2.24, 2.45) is 0 Å². The summed E-state index contributed by atoms with van der Waals surface area (Å²) in [7, 11) is 1.65.